The summed E-state index contributed by atoms with van der Waals surface area (Å²) >= 11 is 0. The van der Waals surface area contributed by atoms with Crippen molar-refractivity contribution in [2.45, 2.75) is 25.9 Å². The van der Waals surface area contributed by atoms with Crippen molar-refractivity contribution in [1.29, 1.82) is 0 Å². The van der Waals surface area contributed by atoms with E-state index in [2.05, 4.69) is 5.32 Å². The number of hydrogen-bond donors (Lipinski definition) is 2. The van der Waals surface area contributed by atoms with E-state index in [0.717, 1.165) is 11.1 Å². The van der Waals surface area contributed by atoms with Gasteiger partial charge in [0.2, 0.25) is 0 Å². The second-order valence-corrected chi connectivity index (χ2v) is 5.11. The molecule has 0 spiro atoms. The molecule has 0 bridgehead atoms. The number of carbonyl (C=O) groups excluding carboxylic acids is 1. The summed E-state index contributed by atoms with van der Waals surface area (Å²) in [6.07, 6.45) is 0.655. The van der Waals surface area contributed by atoms with Crippen molar-refractivity contribution in [3.8, 4) is 0 Å². The average Bonchev–Trinajstić information content (AvgIpc) is 2.49. The summed E-state index contributed by atoms with van der Waals surface area (Å²) in [5, 5.41) is 2.94. The van der Waals surface area contributed by atoms with Crippen LogP contribution in [0.15, 0.2) is 48.5 Å². The largest absolute Gasteiger partial charge is 0.349 e. The number of nitrogens with two attached hydrogens (primary N) is 1. The quantitative estimate of drug-likeness (QED) is 0.888. The fraction of sp³-hybridized carbons (Fsp3) is 0.235. The van der Waals surface area contributed by atoms with E-state index in [0.29, 0.717) is 18.5 Å². The average molecular weight is 286 g/mol. The van der Waals surface area contributed by atoms with Gasteiger partial charge in [0.1, 0.15) is 5.82 Å². The Morgan fingerprint density at radius 1 is 1.19 bits per heavy atom. The van der Waals surface area contributed by atoms with Crippen LogP contribution in [-0.2, 0) is 13.0 Å². The molecule has 0 saturated carbocycles. The van der Waals surface area contributed by atoms with Crippen molar-refractivity contribution in [3.63, 3.8) is 0 Å². The fourth-order valence-corrected chi connectivity index (χ4v) is 2.17. The van der Waals surface area contributed by atoms with Crippen molar-refractivity contribution in [3.05, 3.63) is 71.0 Å². The zero-order valence-corrected chi connectivity index (χ0v) is 12.0. The molecule has 0 aliphatic heterocycles. The molecule has 0 radical (unpaired) electrons. The first-order valence-electron chi connectivity index (χ1n) is 6.93. The van der Waals surface area contributed by atoms with Crippen molar-refractivity contribution in [2.75, 3.05) is 0 Å². The van der Waals surface area contributed by atoms with Crippen molar-refractivity contribution in [1.82, 2.24) is 5.32 Å². The molecule has 0 aliphatic rings. The van der Waals surface area contributed by atoms with Gasteiger partial charge in [-0.3, -0.25) is 4.79 Å². The van der Waals surface area contributed by atoms with Gasteiger partial charge in [0.05, 0.1) is 0 Å². The Balaban J connectivity index is 1.96. The molecule has 110 valence electrons. The first-order valence-corrected chi connectivity index (χ1v) is 6.93. The van der Waals surface area contributed by atoms with E-state index in [1.54, 1.807) is 24.3 Å². The molecule has 0 aliphatic carbocycles. The van der Waals surface area contributed by atoms with E-state index in [9.17, 15) is 9.18 Å². The Bertz CT molecular complexity index is 610. The maximum absolute atomic E-state index is 12.8. The summed E-state index contributed by atoms with van der Waals surface area (Å²) in [5.41, 5.74) is 8.08. The molecule has 3 nitrogen and oxygen atoms in total. The topological polar surface area (TPSA) is 55.1 Å². The molecule has 1 unspecified atom stereocenters. The summed E-state index contributed by atoms with van der Waals surface area (Å²) in [7, 11) is 0. The molecule has 2 rings (SSSR count). The third-order valence-corrected chi connectivity index (χ3v) is 3.26. The standard InChI is InChI=1S/C17H19FN2O/c1-12(9-13-5-7-16(18)8-6-13)20-17(21)15-4-2-3-14(10-15)11-19/h2-8,10,12H,9,11,19H2,1H3,(H,20,21). The third-order valence-electron chi connectivity index (χ3n) is 3.26. The number of rotatable bonds is 5. The molecule has 21 heavy (non-hydrogen) atoms. The molecule has 0 aromatic heterocycles. The number of hydrogen-bond acceptors (Lipinski definition) is 2. The SMILES string of the molecule is CC(Cc1ccc(F)cc1)NC(=O)c1cccc(CN)c1. The minimum atomic E-state index is -0.256. The number of nitrogens with one attached hydrogen (secondary N) is 1. The van der Waals surface area contributed by atoms with E-state index in [1.807, 2.05) is 19.1 Å². The normalized spacial score (nSPS) is 12.0. The molecule has 0 saturated heterocycles. The highest BCUT2D eigenvalue weighted by atomic mass is 19.1. The molecule has 0 heterocycles. The van der Waals surface area contributed by atoms with E-state index < -0.39 is 0 Å². The molecule has 0 fully saturated rings. The molecule has 1 atom stereocenters. The van der Waals surface area contributed by atoms with Crippen molar-refractivity contribution >= 4 is 5.91 Å². The van der Waals surface area contributed by atoms with Crippen LogP contribution in [0.3, 0.4) is 0 Å². The van der Waals surface area contributed by atoms with Gasteiger partial charge in [0.25, 0.3) is 5.91 Å². The van der Waals surface area contributed by atoms with E-state index in [4.69, 9.17) is 5.73 Å². The van der Waals surface area contributed by atoms with E-state index >= 15 is 0 Å². The van der Waals surface area contributed by atoms with E-state index in [1.165, 1.54) is 12.1 Å². The zero-order chi connectivity index (χ0) is 15.2. The third kappa shape index (κ3) is 4.39. The lowest BCUT2D eigenvalue weighted by Gasteiger charge is -2.14. The van der Waals surface area contributed by atoms with Gasteiger partial charge in [-0.2, -0.15) is 0 Å². The molecule has 1 amide bonds. The molecular weight excluding hydrogens is 267 g/mol. The predicted octanol–water partition coefficient (Wildman–Crippen LogP) is 2.65. The Morgan fingerprint density at radius 2 is 1.90 bits per heavy atom. The van der Waals surface area contributed by atoms with Gasteiger partial charge in [-0.1, -0.05) is 24.3 Å². The number of carbonyl (C=O) groups is 1. The summed E-state index contributed by atoms with van der Waals surface area (Å²) < 4.78 is 12.8. The van der Waals surface area contributed by atoms with Gasteiger partial charge >= 0.3 is 0 Å². The second-order valence-electron chi connectivity index (χ2n) is 5.11. The van der Waals surface area contributed by atoms with Crippen LogP contribution in [0.25, 0.3) is 0 Å². The van der Waals surface area contributed by atoms with Gasteiger partial charge in [0, 0.05) is 18.2 Å². The Hall–Kier alpha value is -2.20. The molecule has 4 heteroatoms. The Kier molecular flexibility index (Phi) is 5.06. The lowest BCUT2D eigenvalue weighted by molar-refractivity contribution is 0.0940. The number of benzene rings is 2. The molecule has 2 aromatic carbocycles. The monoisotopic (exact) mass is 286 g/mol. The maximum Gasteiger partial charge on any atom is 0.251 e. The van der Waals surface area contributed by atoms with Crippen LogP contribution in [-0.4, -0.2) is 11.9 Å². The summed E-state index contributed by atoms with van der Waals surface area (Å²) in [5.74, 6) is -0.381. The van der Waals surface area contributed by atoms with Gasteiger partial charge < -0.3 is 11.1 Å². The smallest absolute Gasteiger partial charge is 0.251 e. The van der Waals surface area contributed by atoms with Gasteiger partial charge in [0.15, 0.2) is 0 Å². The Morgan fingerprint density at radius 3 is 2.57 bits per heavy atom. The minimum Gasteiger partial charge on any atom is -0.349 e. The van der Waals surface area contributed by atoms with Gasteiger partial charge in [-0.15, -0.1) is 0 Å². The predicted molar refractivity (Wildman–Crippen MR) is 81.4 cm³/mol. The molecule has 2 aromatic rings. The van der Waals surface area contributed by atoms with E-state index in [-0.39, 0.29) is 17.8 Å². The first-order chi connectivity index (χ1) is 10.1. The van der Waals surface area contributed by atoms with Crippen LogP contribution >= 0.6 is 0 Å². The van der Waals surface area contributed by atoms with Gasteiger partial charge in [-0.05, 0) is 48.7 Å². The Labute approximate surface area is 124 Å². The fourth-order valence-electron chi connectivity index (χ4n) is 2.17. The van der Waals surface area contributed by atoms with Crippen LogP contribution in [0.5, 0.6) is 0 Å². The highest BCUT2D eigenvalue weighted by Crippen LogP contribution is 2.08. The zero-order valence-electron chi connectivity index (χ0n) is 12.0. The van der Waals surface area contributed by atoms with Gasteiger partial charge in [-0.25, -0.2) is 4.39 Å². The van der Waals surface area contributed by atoms with Crippen molar-refractivity contribution in [2.24, 2.45) is 5.73 Å². The maximum atomic E-state index is 12.8. The summed E-state index contributed by atoms with van der Waals surface area (Å²) in [4.78, 5) is 12.2. The minimum absolute atomic E-state index is 0.0375. The molecule has 3 N–H and O–H groups in total. The van der Waals surface area contributed by atoms with Crippen LogP contribution in [0, 0.1) is 5.82 Å². The summed E-state index contributed by atoms with van der Waals surface area (Å²) in [6, 6.07) is 13.5. The highest BCUT2D eigenvalue weighted by molar-refractivity contribution is 5.94. The highest BCUT2D eigenvalue weighted by Gasteiger charge is 2.10. The molecular formula is C17H19FN2O. The number of halogens is 1. The van der Waals surface area contributed by atoms with Crippen LogP contribution in [0.4, 0.5) is 4.39 Å². The summed E-state index contributed by atoms with van der Waals surface area (Å²) in [6.45, 7) is 2.33. The lowest BCUT2D eigenvalue weighted by atomic mass is 10.1. The second kappa shape index (κ2) is 6.99. The van der Waals surface area contributed by atoms with Crippen LogP contribution in [0.1, 0.15) is 28.4 Å². The van der Waals surface area contributed by atoms with Crippen LogP contribution < -0.4 is 11.1 Å². The first kappa shape index (κ1) is 15.2. The van der Waals surface area contributed by atoms with Crippen LogP contribution in [0.2, 0.25) is 0 Å². The van der Waals surface area contributed by atoms with Crippen molar-refractivity contribution < 1.29 is 9.18 Å². The number of amides is 1. The lowest BCUT2D eigenvalue weighted by Crippen LogP contribution is -2.34.